The predicted molar refractivity (Wildman–Crippen MR) is 94.7 cm³/mol. The van der Waals surface area contributed by atoms with Crippen molar-refractivity contribution in [3.63, 3.8) is 0 Å². The van der Waals surface area contributed by atoms with E-state index in [-0.39, 0.29) is 12.4 Å². The molecule has 0 spiro atoms. The average molecular weight is 386 g/mol. The molecule has 2 fully saturated rings. The van der Waals surface area contributed by atoms with Gasteiger partial charge in [0.15, 0.2) is 0 Å². The Bertz CT molecular complexity index is 568. The molecule has 2 bridgehead atoms. The molecule has 2 atom stereocenters. The zero-order valence-corrected chi connectivity index (χ0v) is 15.0. The number of halogens is 2. The number of hydrogen-bond acceptors (Lipinski definition) is 2. The number of fused-ring (bicyclic) bond motifs is 3. The van der Waals surface area contributed by atoms with Crippen LogP contribution in [0.1, 0.15) is 37.7 Å². The Morgan fingerprint density at radius 2 is 2.00 bits per heavy atom. The van der Waals surface area contributed by atoms with Crippen LogP contribution in [0.2, 0.25) is 0 Å². The molecule has 1 aromatic rings. The lowest BCUT2D eigenvalue weighted by atomic mass is 9.89. The number of benzene rings is 1. The van der Waals surface area contributed by atoms with E-state index in [1.807, 2.05) is 11.0 Å². The van der Waals surface area contributed by atoms with Crippen molar-refractivity contribution in [2.24, 2.45) is 5.92 Å². The van der Waals surface area contributed by atoms with E-state index in [4.69, 9.17) is 0 Å². The summed E-state index contributed by atoms with van der Waals surface area (Å²) in [6.07, 6.45) is 6.68. The van der Waals surface area contributed by atoms with Crippen LogP contribution in [0.25, 0.3) is 0 Å². The van der Waals surface area contributed by atoms with Crippen molar-refractivity contribution in [2.75, 3.05) is 11.4 Å². The van der Waals surface area contributed by atoms with Crippen LogP contribution in [0.4, 0.5) is 5.69 Å². The van der Waals surface area contributed by atoms with E-state index in [9.17, 15) is 4.79 Å². The van der Waals surface area contributed by atoms with Crippen molar-refractivity contribution in [3.05, 3.63) is 28.2 Å². The second-order valence-electron chi connectivity index (χ2n) is 6.75. The van der Waals surface area contributed by atoms with Gasteiger partial charge in [0, 0.05) is 35.2 Å². The Kier molecular flexibility index (Phi) is 4.81. The van der Waals surface area contributed by atoms with Gasteiger partial charge in [0.1, 0.15) is 0 Å². The highest BCUT2D eigenvalue weighted by atomic mass is 79.9. The van der Waals surface area contributed by atoms with Gasteiger partial charge in [-0.05, 0) is 61.8 Å². The molecule has 120 valence electrons. The van der Waals surface area contributed by atoms with Crippen LogP contribution in [0.15, 0.2) is 22.7 Å². The van der Waals surface area contributed by atoms with Crippen molar-refractivity contribution in [3.8, 4) is 0 Å². The number of carbonyl (C=O) groups excluding carboxylic acids is 1. The molecule has 3 nitrogen and oxygen atoms in total. The summed E-state index contributed by atoms with van der Waals surface area (Å²) in [7, 11) is 0. The van der Waals surface area contributed by atoms with Gasteiger partial charge in [-0.3, -0.25) is 4.79 Å². The van der Waals surface area contributed by atoms with E-state index in [2.05, 4.69) is 33.4 Å². The molecule has 3 aliphatic heterocycles. The fourth-order valence-electron chi connectivity index (χ4n) is 4.33. The molecule has 3 aliphatic rings. The summed E-state index contributed by atoms with van der Waals surface area (Å²) < 4.78 is 1.10. The van der Waals surface area contributed by atoms with Crippen molar-refractivity contribution in [2.45, 2.75) is 50.6 Å². The molecule has 1 N–H and O–H groups in total. The highest BCUT2D eigenvalue weighted by Crippen LogP contribution is 2.35. The van der Waals surface area contributed by atoms with Crippen LogP contribution >= 0.6 is 28.3 Å². The first-order chi connectivity index (χ1) is 10.2. The third-order valence-corrected chi connectivity index (χ3v) is 5.77. The molecule has 2 saturated heterocycles. The molecule has 0 aliphatic carbocycles. The van der Waals surface area contributed by atoms with Crippen LogP contribution in [-0.2, 0) is 11.2 Å². The second kappa shape index (κ2) is 6.50. The van der Waals surface area contributed by atoms with Gasteiger partial charge in [0.05, 0.1) is 0 Å². The van der Waals surface area contributed by atoms with Crippen LogP contribution in [-0.4, -0.2) is 24.5 Å². The van der Waals surface area contributed by atoms with Crippen LogP contribution < -0.4 is 10.2 Å². The summed E-state index contributed by atoms with van der Waals surface area (Å²) in [4.78, 5) is 14.7. The molecule has 4 rings (SSSR count). The van der Waals surface area contributed by atoms with Gasteiger partial charge in [-0.15, -0.1) is 12.4 Å². The number of nitrogens with zero attached hydrogens (tertiary/aromatic N) is 1. The molecule has 22 heavy (non-hydrogen) atoms. The molecule has 1 aromatic carbocycles. The zero-order valence-electron chi connectivity index (χ0n) is 12.6. The molecule has 0 aromatic heterocycles. The van der Waals surface area contributed by atoms with Gasteiger partial charge in [0.2, 0.25) is 5.91 Å². The summed E-state index contributed by atoms with van der Waals surface area (Å²) in [5, 5.41) is 3.65. The maximum absolute atomic E-state index is 12.7. The molecule has 2 unspecified atom stereocenters. The number of nitrogens with one attached hydrogen (secondary N) is 1. The monoisotopic (exact) mass is 384 g/mol. The normalized spacial score (nSPS) is 29.1. The Morgan fingerprint density at radius 3 is 2.73 bits per heavy atom. The van der Waals surface area contributed by atoms with Crippen molar-refractivity contribution < 1.29 is 4.79 Å². The van der Waals surface area contributed by atoms with Crippen LogP contribution in [0.5, 0.6) is 0 Å². The van der Waals surface area contributed by atoms with Crippen molar-refractivity contribution in [1.82, 2.24) is 5.32 Å². The number of anilines is 1. The van der Waals surface area contributed by atoms with Gasteiger partial charge in [0.25, 0.3) is 0 Å². The van der Waals surface area contributed by atoms with Gasteiger partial charge in [-0.1, -0.05) is 15.9 Å². The first-order valence-corrected chi connectivity index (χ1v) is 8.83. The Labute approximate surface area is 146 Å². The SMILES string of the molecule is Cl.O=C(CC1CC2CCC(C1)N2)N1CCc2cc(Br)ccc21. The molecule has 5 heteroatoms. The lowest BCUT2D eigenvalue weighted by Crippen LogP contribution is -2.40. The average Bonchev–Trinajstić information content (AvgIpc) is 3.01. The van der Waals surface area contributed by atoms with Gasteiger partial charge < -0.3 is 10.2 Å². The number of piperidine rings is 1. The summed E-state index contributed by atoms with van der Waals surface area (Å²) in [5.41, 5.74) is 2.42. The van der Waals surface area contributed by atoms with E-state index in [0.717, 1.165) is 29.5 Å². The fraction of sp³-hybridized carbons (Fsp3) is 0.588. The second-order valence-corrected chi connectivity index (χ2v) is 7.66. The molecular formula is C17H22BrClN2O. The first-order valence-electron chi connectivity index (χ1n) is 8.04. The minimum atomic E-state index is 0. The smallest absolute Gasteiger partial charge is 0.227 e. The van der Waals surface area contributed by atoms with Crippen molar-refractivity contribution in [1.29, 1.82) is 0 Å². The first kappa shape index (κ1) is 16.3. The maximum Gasteiger partial charge on any atom is 0.227 e. The van der Waals surface area contributed by atoms with Crippen LogP contribution in [0.3, 0.4) is 0 Å². The summed E-state index contributed by atoms with van der Waals surface area (Å²) in [6, 6.07) is 7.60. The molecule has 1 amide bonds. The van der Waals surface area contributed by atoms with Gasteiger partial charge in [-0.2, -0.15) is 0 Å². The Morgan fingerprint density at radius 1 is 1.27 bits per heavy atom. The topological polar surface area (TPSA) is 32.3 Å². The predicted octanol–water partition coefficient (Wildman–Crippen LogP) is 3.68. The van der Waals surface area contributed by atoms with E-state index in [1.165, 1.54) is 31.2 Å². The highest BCUT2D eigenvalue weighted by Gasteiger charge is 2.35. The lowest BCUT2D eigenvalue weighted by Gasteiger charge is -2.30. The minimum Gasteiger partial charge on any atom is -0.312 e. The largest absolute Gasteiger partial charge is 0.312 e. The number of hydrogen-bond donors (Lipinski definition) is 1. The molecule has 0 saturated carbocycles. The molecule has 0 radical (unpaired) electrons. The van der Waals surface area contributed by atoms with Gasteiger partial charge >= 0.3 is 0 Å². The molecular weight excluding hydrogens is 364 g/mol. The number of amides is 1. The lowest BCUT2D eigenvalue weighted by molar-refractivity contribution is -0.119. The van der Waals surface area contributed by atoms with E-state index >= 15 is 0 Å². The Balaban J connectivity index is 0.00000144. The Hall–Kier alpha value is -0.580. The maximum atomic E-state index is 12.7. The minimum absolute atomic E-state index is 0. The summed E-state index contributed by atoms with van der Waals surface area (Å²) in [5.74, 6) is 0.901. The summed E-state index contributed by atoms with van der Waals surface area (Å²) in [6.45, 7) is 0.850. The molecule has 3 heterocycles. The van der Waals surface area contributed by atoms with Crippen molar-refractivity contribution >= 4 is 39.9 Å². The fourth-order valence-corrected chi connectivity index (χ4v) is 4.74. The zero-order chi connectivity index (χ0) is 14.4. The number of rotatable bonds is 2. The third kappa shape index (κ3) is 3.06. The van der Waals surface area contributed by atoms with E-state index < -0.39 is 0 Å². The number of carbonyl (C=O) groups is 1. The standard InChI is InChI=1S/C17H21BrN2O.ClH/c18-13-1-4-16-12(10-13)5-6-20(16)17(21)9-11-7-14-2-3-15(8-11)19-14;/h1,4,10-11,14-15,19H,2-3,5-9H2;1H. The van der Waals surface area contributed by atoms with Gasteiger partial charge in [-0.25, -0.2) is 0 Å². The third-order valence-electron chi connectivity index (χ3n) is 5.27. The van der Waals surface area contributed by atoms with E-state index in [0.29, 0.717) is 23.9 Å². The quantitative estimate of drug-likeness (QED) is 0.842. The van der Waals surface area contributed by atoms with E-state index in [1.54, 1.807) is 0 Å². The highest BCUT2D eigenvalue weighted by molar-refractivity contribution is 9.10. The summed E-state index contributed by atoms with van der Waals surface area (Å²) >= 11 is 3.51. The van der Waals surface area contributed by atoms with Crippen LogP contribution in [0, 0.1) is 5.92 Å².